The fourth-order valence-electron chi connectivity index (χ4n) is 3.93. The number of nitrogens with zero attached hydrogens (tertiary/aromatic N) is 3. The minimum atomic E-state index is -0.324. The standard InChI is InChI=1S/C26H22ClN3O3S/c1-26(2)13-21-17(14-33-26)12-20-23(28-21)29-25(30(24(20)32)19-6-4-3-5-7-19)34-15-22(31)16-8-10-18(27)11-9-16/h3-12H,13-15H2,1-2H3. The van der Waals surface area contributed by atoms with Crippen molar-refractivity contribution in [2.24, 2.45) is 0 Å². The summed E-state index contributed by atoms with van der Waals surface area (Å²) in [5.74, 6) is 0.0472. The number of hydrogen-bond donors (Lipinski definition) is 0. The summed E-state index contributed by atoms with van der Waals surface area (Å²) in [4.78, 5) is 35.9. The summed E-state index contributed by atoms with van der Waals surface area (Å²) < 4.78 is 7.46. The molecule has 0 atom stereocenters. The number of fused-ring (bicyclic) bond motifs is 2. The molecule has 0 saturated carbocycles. The van der Waals surface area contributed by atoms with Gasteiger partial charge < -0.3 is 4.74 Å². The molecule has 2 aromatic heterocycles. The number of carbonyl (C=O) groups excluding carboxylic acids is 1. The number of benzene rings is 2. The number of ketones is 1. The zero-order valence-electron chi connectivity index (χ0n) is 18.7. The normalized spacial score (nSPS) is 14.7. The number of Topliss-reactive ketones (excluding diaryl/α,β-unsaturated/α-hetero) is 1. The van der Waals surface area contributed by atoms with Gasteiger partial charge in [-0.25, -0.2) is 9.97 Å². The molecule has 0 spiro atoms. The average Bonchev–Trinajstić information content (AvgIpc) is 2.82. The number of rotatable bonds is 5. The van der Waals surface area contributed by atoms with Crippen LogP contribution in [0.5, 0.6) is 0 Å². The lowest BCUT2D eigenvalue weighted by molar-refractivity contribution is -0.0411. The molecule has 3 heterocycles. The molecule has 0 radical (unpaired) electrons. The highest BCUT2D eigenvalue weighted by Crippen LogP contribution is 2.29. The molecule has 0 unspecified atom stereocenters. The third kappa shape index (κ3) is 4.51. The summed E-state index contributed by atoms with van der Waals surface area (Å²) in [6, 6.07) is 17.9. The molecule has 8 heteroatoms. The van der Waals surface area contributed by atoms with Gasteiger partial charge in [0.15, 0.2) is 16.6 Å². The molecule has 172 valence electrons. The van der Waals surface area contributed by atoms with Gasteiger partial charge in [0.2, 0.25) is 0 Å². The van der Waals surface area contributed by atoms with Crippen LogP contribution < -0.4 is 5.56 Å². The molecule has 2 aromatic carbocycles. The molecule has 1 aliphatic rings. The lowest BCUT2D eigenvalue weighted by Gasteiger charge is -2.31. The van der Waals surface area contributed by atoms with Crippen LogP contribution in [0.25, 0.3) is 16.7 Å². The highest BCUT2D eigenvalue weighted by atomic mass is 35.5. The minimum absolute atomic E-state index is 0.0760. The van der Waals surface area contributed by atoms with Crippen LogP contribution in [-0.2, 0) is 17.8 Å². The summed E-state index contributed by atoms with van der Waals surface area (Å²) in [7, 11) is 0. The van der Waals surface area contributed by atoms with Crippen molar-refractivity contribution in [2.45, 2.75) is 37.6 Å². The van der Waals surface area contributed by atoms with Gasteiger partial charge in [-0.15, -0.1) is 0 Å². The lowest BCUT2D eigenvalue weighted by Crippen LogP contribution is -2.33. The Labute approximate surface area is 206 Å². The molecular weight excluding hydrogens is 470 g/mol. The topological polar surface area (TPSA) is 74.1 Å². The van der Waals surface area contributed by atoms with E-state index in [2.05, 4.69) is 0 Å². The molecule has 34 heavy (non-hydrogen) atoms. The summed E-state index contributed by atoms with van der Waals surface area (Å²) in [5, 5.41) is 1.42. The Bertz CT molecular complexity index is 1450. The van der Waals surface area contributed by atoms with Crippen LogP contribution in [0.4, 0.5) is 0 Å². The molecule has 0 fully saturated rings. The van der Waals surface area contributed by atoms with Crippen LogP contribution in [0.3, 0.4) is 0 Å². The van der Waals surface area contributed by atoms with Gasteiger partial charge >= 0.3 is 0 Å². The SMILES string of the molecule is CC1(C)Cc2nc3nc(SCC(=O)c4ccc(Cl)cc4)n(-c4ccccc4)c(=O)c3cc2CO1. The molecule has 5 rings (SSSR count). The summed E-state index contributed by atoms with van der Waals surface area (Å²) in [6.07, 6.45) is 0.638. The maximum absolute atomic E-state index is 13.6. The number of carbonyl (C=O) groups is 1. The molecule has 0 saturated heterocycles. The molecule has 0 N–H and O–H groups in total. The Kier molecular flexibility index (Phi) is 6.02. The van der Waals surface area contributed by atoms with Crippen LogP contribution in [0.15, 0.2) is 70.6 Å². The maximum Gasteiger partial charge on any atom is 0.268 e. The molecule has 6 nitrogen and oxygen atoms in total. The molecule has 0 aliphatic carbocycles. The second kappa shape index (κ2) is 8.98. The number of thioether (sulfide) groups is 1. The maximum atomic E-state index is 13.6. The van der Waals surface area contributed by atoms with Crippen molar-refractivity contribution in [3.8, 4) is 5.69 Å². The van der Waals surface area contributed by atoms with E-state index in [1.54, 1.807) is 28.8 Å². The van der Waals surface area contributed by atoms with Crippen molar-refractivity contribution < 1.29 is 9.53 Å². The first-order valence-electron chi connectivity index (χ1n) is 10.9. The first kappa shape index (κ1) is 22.8. The third-order valence-corrected chi connectivity index (χ3v) is 6.91. The predicted octanol–water partition coefficient (Wildman–Crippen LogP) is 5.26. The first-order chi connectivity index (χ1) is 16.3. The van der Waals surface area contributed by atoms with Crippen molar-refractivity contribution in [1.29, 1.82) is 0 Å². The quantitative estimate of drug-likeness (QED) is 0.215. The minimum Gasteiger partial charge on any atom is -0.370 e. The van der Waals surface area contributed by atoms with Gasteiger partial charge in [-0.3, -0.25) is 14.2 Å². The smallest absolute Gasteiger partial charge is 0.268 e. The van der Waals surface area contributed by atoms with E-state index in [4.69, 9.17) is 26.3 Å². The highest BCUT2D eigenvalue weighted by molar-refractivity contribution is 7.99. The molecule has 1 aliphatic heterocycles. The van der Waals surface area contributed by atoms with Gasteiger partial charge in [0.1, 0.15) is 0 Å². The summed E-state index contributed by atoms with van der Waals surface area (Å²) >= 11 is 7.16. The van der Waals surface area contributed by atoms with Gasteiger partial charge in [-0.2, -0.15) is 0 Å². The summed E-state index contributed by atoms with van der Waals surface area (Å²) in [5.41, 5.74) is 2.87. The fourth-order valence-corrected chi connectivity index (χ4v) is 4.95. The lowest BCUT2D eigenvalue weighted by atomic mass is 9.95. The number of para-hydroxylation sites is 1. The first-order valence-corrected chi connectivity index (χ1v) is 12.2. The van der Waals surface area contributed by atoms with E-state index in [1.807, 2.05) is 50.2 Å². The Morgan fingerprint density at radius 2 is 1.85 bits per heavy atom. The van der Waals surface area contributed by atoms with E-state index in [9.17, 15) is 9.59 Å². The fraction of sp³-hybridized carbons (Fsp3) is 0.231. The van der Waals surface area contributed by atoms with E-state index in [-0.39, 0.29) is 22.7 Å². The van der Waals surface area contributed by atoms with E-state index < -0.39 is 0 Å². The summed E-state index contributed by atoms with van der Waals surface area (Å²) in [6.45, 7) is 4.45. The number of hydrogen-bond acceptors (Lipinski definition) is 6. The molecule has 4 aromatic rings. The van der Waals surface area contributed by atoms with Crippen LogP contribution in [0.1, 0.15) is 35.5 Å². The number of aromatic nitrogens is 3. The largest absolute Gasteiger partial charge is 0.370 e. The van der Waals surface area contributed by atoms with Gasteiger partial charge in [0.05, 0.1) is 34.7 Å². The van der Waals surface area contributed by atoms with Crippen molar-refractivity contribution >= 4 is 40.2 Å². The van der Waals surface area contributed by atoms with E-state index in [0.29, 0.717) is 45.5 Å². The van der Waals surface area contributed by atoms with E-state index >= 15 is 0 Å². The zero-order chi connectivity index (χ0) is 23.9. The Morgan fingerprint density at radius 3 is 2.59 bits per heavy atom. The predicted molar refractivity (Wildman–Crippen MR) is 134 cm³/mol. The van der Waals surface area contributed by atoms with Crippen molar-refractivity contribution in [3.05, 3.63) is 92.9 Å². The van der Waals surface area contributed by atoms with Gasteiger partial charge in [0, 0.05) is 22.6 Å². The second-order valence-electron chi connectivity index (χ2n) is 8.78. The number of pyridine rings is 1. The number of ether oxygens (including phenoxy) is 1. The van der Waals surface area contributed by atoms with Crippen molar-refractivity contribution in [3.63, 3.8) is 0 Å². The van der Waals surface area contributed by atoms with E-state index in [1.165, 1.54) is 11.8 Å². The van der Waals surface area contributed by atoms with Gasteiger partial charge in [-0.1, -0.05) is 41.6 Å². The molecule has 0 amide bonds. The average molecular weight is 492 g/mol. The van der Waals surface area contributed by atoms with Gasteiger partial charge in [0.25, 0.3) is 5.56 Å². The van der Waals surface area contributed by atoms with Crippen molar-refractivity contribution in [1.82, 2.24) is 14.5 Å². The zero-order valence-corrected chi connectivity index (χ0v) is 20.3. The highest BCUT2D eigenvalue weighted by Gasteiger charge is 2.28. The van der Waals surface area contributed by atoms with Crippen LogP contribution in [0.2, 0.25) is 5.02 Å². The Balaban J connectivity index is 1.59. The Morgan fingerprint density at radius 1 is 1.12 bits per heavy atom. The molecule has 0 bridgehead atoms. The van der Waals surface area contributed by atoms with Crippen LogP contribution in [-0.4, -0.2) is 31.7 Å². The number of halogens is 1. The van der Waals surface area contributed by atoms with Crippen molar-refractivity contribution in [2.75, 3.05) is 5.75 Å². The second-order valence-corrected chi connectivity index (χ2v) is 10.2. The monoisotopic (exact) mass is 491 g/mol. The Hall–Kier alpha value is -3.00. The van der Waals surface area contributed by atoms with Gasteiger partial charge in [-0.05, 0) is 56.3 Å². The third-order valence-electron chi connectivity index (χ3n) is 5.72. The van der Waals surface area contributed by atoms with Crippen LogP contribution >= 0.6 is 23.4 Å². The van der Waals surface area contributed by atoms with E-state index in [0.717, 1.165) is 11.3 Å². The van der Waals surface area contributed by atoms with Crippen LogP contribution in [0, 0.1) is 0 Å². The molecular formula is C26H22ClN3O3S.